The Labute approximate surface area is 123 Å². The molecule has 1 aliphatic heterocycles. The maximum absolute atomic E-state index is 11.8. The van der Waals surface area contributed by atoms with Crippen LogP contribution in [0.5, 0.6) is 0 Å². The number of nitrogens with zero attached hydrogens (tertiary/aromatic N) is 3. The summed E-state index contributed by atoms with van der Waals surface area (Å²) in [4.78, 5) is 26.0. The number of nitrogens with one attached hydrogen (secondary N) is 1. The van der Waals surface area contributed by atoms with Gasteiger partial charge in [-0.15, -0.1) is 0 Å². The Bertz CT molecular complexity index is 547. The number of benzene rings is 1. The largest absolute Gasteiger partial charge is 0.380 e. The zero-order valence-electron chi connectivity index (χ0n) is 12.3. The highest BCUT2D eigenvalue weighted by atomic mass is 16.6. The molecule has 0 atom stereocenters. The van der Waals surface area contributed by atoms with Crippen molar-refractivity contribution in [3.8, 4) is 0 Å². The molecule has 1 aliphatic rings. The fraction of sp³-hybridized carbons (Fsp3) is 0.500. The van der Waals surface area contributed by atoms with Crippen molar-refractivity contribution in [2.75, 3.05) is 32.0 Å². The van der Waals surface area contributed by atoms with Crippen molar-refractivity contribution < 1.29 is 9.72 Å². The van der Waals surface area contributed by atoms with Gasteiger partial charge in [0.25, 0.3) is 5.69 Å². The molecule has 1 saturated heterocycles. The summed E-state index contributed by atoms with van der Waals surface area (Å²) in [5.74, 6) is 0. The molecule has 0 aromatic heterocycles. The van der Waals surface area contributed by atoms with Gasteiger partial charge >= 0.3 is 6.03 Å². The Kier molecular flexibility index (Phi) is 4.62. The molecule has 21 heavy (non-hydrogen) atoms. The van der Waals surface area contributed by atoms with Crippen LogP contribution in [-0.4, -0.2) is 47.4 Å². The van der Waals surface area contributed by atoms with E-state index >= 15 is 0 Å². The van der Waals surface area contributed by atoms with Gasteiger partial charge < -0.3 is 15.1 Å². The zero-order valence-corrected chi connectivity index (χ0v) is 12.3. The summed E-state index contributed by atoms with van der Waals surface area (Å²) >= 11 is 0. The highest BCUT2D eigenvalue weighted by molar-refractivity contribution is 5.76. The molecule has 1 fully saturated rings. The summed E-state index contributed by atoms with van der Waals surface area (Å²) in [5, 5.41) is 14.2. The lowest BCUT2D eigenvalue weighted by atomic mass is 10.1. The van der Waals surface area contributed by atoms with Gasteiger partial charge in [-0.1, -0.05) is 13.0 Å². The first-order chi connectivity index (χ1) is 10.0. The SMILES string of the molecule is CCCNc1ccc(CN2CCN(C)C2=O)cc1[N+](=O)[O-]. The first-order valence-electron chi connectivity index (χ1n) is 7.04. The van der Waals surface area contributed by atoms with Gasteiger partial charge in [-0.2, -0.15) is 0 Å². The zero-order chi connectivity index (χ0) is 15.4. The smallest absolute Gasteiger partial charge is 0.320 e. The number of nitro groups is 1. The van der Waals surface area contributed by atoms with Gasteiger partial charge in [0.15, 0.2) is 0 Å². The highest BCUT2D eigenvalue weighted by Crippen LogP contribution is 2.26. The number of hydrogen-bond donors (Lipinski definition) is 1. The molecule has 0 bridgehead atoms. The summed E-state index contributed by atoms with van der Waals surface area (Å²) in [5.41, 5.74) is 1.35. The number of carbonyl (C=O) groups is 1. The van der Waals surface area contributed by atoms with E-state index in [9.17, 15) is 14.9 Å². The number of hydrogen-bond acceptors (Lipinski definition) is 4. The fourth-order valence-corrected chi connectivity index (χ4v) is 2.31. The normalized spacial score (nSPS) is 14.7. The van der Waals surface area contributed by atoms with E-state index in [-0.39, 0.29) is 16.6 Å². The van der Waals surface area contributed by atoms with Crippen molar-refractivity contribution in [2.45, 2.75) is 19.9 Å². The van der Waals surface area contributed by atoms with E-state index in [1.165, 1.54) is 0 Å². The first kappa shape index (κ1) is 15.1. The molecule has 0 spiro atoms. The monoisotopic (exact) mass is 292 g/mol. The van der Waals surface area contributed by atoms with Crippen LogP contribution >= 0.6 is 0 Å². The lowest BCUT2D eigenvalue weighted by Gasteiger charge is -2.16. The van der Waals surface area contributed by atoms with Crippen LogP contribution in [0.15, 0.2) is 18.2 Å². The second-order valence-electron chi connectivity index (χ2n) is 5.16. The third kappa shape index (κ3) is 3.42. The maximum Gasteiger partial charge on any atom is 0.320 e. The predicted molar refractivity (Wildman–Crippen MR) is 80.3 cm³/mol. The minimum Gasteiger partial charge on any atom is -0.380 e. The van der Waals surface area contributed by atoms with E-state index < -0.39 is 0 Å². The molecule has 0 saturated carbocycles. The van der Waals surface area contributed by atoms with Crippen molar-refractivity contribution in [3.63, 3.8) is 0 Å². The van der Waals surface area contributed by atoms with Gasteiger partial charge in [-0.3, -0.25) is 10.1 Å². The molecule has 2 rings (SSSR count). The molecule has 1 aromatic carbocycles. The average molecular weight is 292 g/mol. The topological polar surface area (TPSA) is 78.7 Å². The molecule has 1 heterocycles. The van der Waals surface area contributed by atoms with Crippen LogP contribution in [0.1, 0.15) is 18.9 Å². The van der Waals surface area contributed by atoms with Crippen molar-refractivity contribution in [2.24, 2.45) is 0 Å². The molecule has 0 aliphatic carbocycles. The molecule has 7 heteroatoms. The van der Waals surface area contributed by atoms with Crippen LogP contribution in [0.2, 0.25) is 0 Å². The van der Waals surface area contributed by atoms with E-state index in [1.807, 2.05) is 13.0 Å². The number of likely N-dealkylation sites (N-methyl/N-ethyl adjacent to an activating group) is 1. The van der Waals surface area contributed by atoms with Crippen molar-refractivity contribution >= 4 is 17.4 Å². The van der Waals surface area contributed by atoms with Crippen molar-refractivity contribution in [3.05, 3.63) is 33.9 Å². The Morgan fingerprint density at radius 2 is 2.14 bits per heavy atom. The van der Waals surface area contributed by atoms with Crippen LogP contribution in [0.3, 0.4) is 0 Å². The first-order valence-corrected chi connectivity index (χ1v) is 7.04. The predicted octanol–water partition coefficient (Wildman–Crippen LogP) is 2.28. The molecule has 0 unspecified atom stereocenters. The van der Waals surface area contributed by atoms with Gasteiger partial charge in [0, 0.05) is 39.3 Å². The van der Waals surface area contributed by atoms with Crippen LogP contribution in [-0.2, 0) is 6.54 Å². The molecular weight excluding hydrogens is 272 g/mol. The minimum atomic E-state index is -0.389. The number of urea groups is 1. The van der Waals surface area contributed by atoms with Gasteiger partial charge in [0.05, 0.1) is 4.92 Å². The molecule has 7 nitrogen and oxygen atoms in total. The minimum absolute atomic E-state index is 0.0363. The highest BCUT2D eigenvalue weighted by Gasteiger charge is 2.25. The van der Waals surface area contributed by atoms with Gasteiger partial charge in [-0.25, -0.2) is 4.79 Å². The number of nitro benzene ring substituents is 1. The molecule has 1 aromatic rings. The van der Waals surface area contributed by atoms with Gasteiger partial charge in [-0.05, 0) is 18.1 Å². The Morgan fingerprint density at radius 3 is 2.71 bits per heavy atom. The Balaban J connectivity index is 2.16. The Hall–Kier alpha value is -2.31. The van der Waals surface area contributed by atoms with Crippen molar-refractivity contribution in [1.82, 2.24) is 9.80 Å². The molecule has 0 radical (unpaired) electrons. The average Bonchev–Trinajstić information content (AvgIpc) is 2.77. The third-order valence-electron chi connectivity index (χ3n) is 3.50. The molecular formula is C14H20N4O3. The van der Waals surface area contributed by atoms with Gasteiger partial charge in [0.1, 0.15) is 5.69 Å². The maximum atomic E-state index is 11.8. The number of anilines is 1. The summed E-state index contributed by atoms with van der Waals surface area (Å²) < 4.78 is 0. The second kappa shape index (κ2) is 6.43. The second-order valence-corrected chi connectivity index (χ2v) is 5.16. The molecule has 114 valence electrons. The van der Waals surface area contributed by atoms with Crippen LogP contribution in [0.4, 0.5) is 16.2 Å². The summed E-state index contributed by atoms with van der Waals surface area (Å²) in [6.45, 7) is 4.44. The quantitative estimate of drug-likeness (QED) is 0.644. The van der Waals surface area contributed by atoms with Crippen LogP contribution in [0, 0.1) is 10.1 Å². The van der Waals surface area contributed by atoms with E-state index in [0.29, 0.717) is 31.9 Å². The summed E-state index contributed by atoms with van der Waals surface area (Å²) in [7, 11) is 1.75. The van der Waals surface area contributed by atoms with E-state index in [4.69, 9.17) is 0 Å². The summed E-state index contributed by atoms with van der Waals surface area (Å²) in [6.07, 6.45) is 0.896. The van der Waals surface area contributed by atoms with E-state index in [0.717, 1.165) is 12.0 Å². The summed E-state index contributed by atoms with van der Waals surface area (Å²) in [6, 6.07) is 5.05. The van der Waals surface area contributed by atoms with E-state index in [2.05, 4.69) is 5.32 Å². The van der Waals surface area contributed by atoms with Crippen LogP contribution < -0.4 is 5.32 Å². The third-order valence-corrected chi connectivity index (χ3v) is 3.50. The lowest BCUT2D eigenvalue weighted by Crippen LogP contribution is -2.28. The molecule has 2 amide bonds. The van der Waals surface area contributed by atoms with Crippen molar-refractivity contribution in [1.29, 1.82) is 0 Å². The van der Waals surface area contributed by atoms with Crippen LogP contribution in [0.25, 0.3) is 0 Å². The molecule has 1 N–H and O–H groups in total. The Morgan fingerprint density at radius 1 is 1.38 bits per heavy atom. The number of rotatable bonds is 6. The van der Waals surface area contributed by atoms with Gasteiger partial charge in [0.2, 0.25) is 0 Å². The lowest BCUT2D eigenvalue weighted by molar-refractivity contribution is -0.384. The number of amides is 2. The van der Waals surface area contributed by atoms with E-state index in [1.54, 1.807) is 29.0 Å². The number of carbonyl (C=O) groups excluding carboxylic acids is 1. The standard InChI is InChI=1S/C14H20N4O3/c1-3-6-15-12-5-4-11(9-13(12)18(20)21)10-17-8-7-16(2)14(17)19/h4-5,9,15H,3,6-8,10H2,1-2H3. The fourth-order valence-electron chi connectivity index (χ4n) is 2.31.